The van der Waals surface area contributed by atoms with Crippen LogP contribution in [0.15, 0.2) is 4.52 Å². The molecule has 0 atom stereocenters. The molecule has 1 N–H and O–H groups in total. The molecule has 5 nitrogen and oxygen atoms in total. The second-order valence-electron chi connectivity index (χ2n) is 5.54. The van der Waals surface area contributed by atoms with Gasteiger partial charge in [-0.3, -0.25) is 4.79 Å². The number of amides is 1. The monoisotopic (exact) mass is 249 g/mol. The Kier molecular flexibility index (Phi) is 2.84. The fourth-order valence-electron chi connectivity index (χ4n) is 2.89. The van der Waals surface area contributed by atoms with E-state index < -0.39 is 0 Å². The molecule has 2 aliphatic carbocycles. The van der Waals surface area contributed by atoms with Gasteiger partial charge in [-0.2, -0.15) is 4.98 Å². The zero-order valence-electron chi connectivity index (χ0n) is 10.7. The number of carbonyl (C=O) groups excluding carboxylic acids is 1. The van der Waals surface area contributed by atoms with Gasteiger partial charge in [0.15, 0.2) is 5.82 Å². The van der Waals surface area contributed by atoms with E-state index in [1.807, 2.05) is 0 Å². The number of rotatable bonds is 3. The van der Waals surface area contributed by atoms with Gasteiger partial charge < -0.3 is 9.84 Å². The maximum Gasteiger partial charge on any atom is 0.223 e. The normalized spacial score (nSPS) is 22.7. The summed E-state index contributed by atoms with van der Waals surface area (Å²) in [6, 6.07) is 0. The Bertz CT molecular complexity index is 445. The van der Waals surface area contributed by atoms with E-state index in [-0.39, 0.29) is 17.4 Å². The molecule has 98 valence electrons. The molecule has 0 bridgehead atoms. The summed E-state index contributed by atoms with van der Waals surface area (Å²) in [5.41, 5.74) is -0.371. The van der Waals surface area contributed by atoms with Crippen LogP contribution in [-0.2, 0) is 10.3 Å². The fourth-order valence-corrected chi connectivity index (χ4v) is 2.89. The average molecular weight is 249 g/mol. The number of nitrogens with zero attached hydrogens (tertiary/aromatic N) is 2. The highest BCUT2D eigenvalue weighted by molar-refractivity contribution is 5.80. The van der Waals surface area contributed by atoms with Gasteiger partial charge in [0.25, 0.3) is 0 Å². The Morgan fingerprint density at radius 3 is 2.56 bits per heavy atom. The van der Waals surface area contributed by atoms with E-state index in [0.717, 1.165) is 38.5 Å². The van der Waals surface area contributed by atoms with Crippen LogP contribution in [0.5, 0.6) is 0 Å². The SMILES string of the molecule is Cc1nc(C2(NC(=O)C3CCC3)CCCC2)no1. The highest BCUT2D eigenvalue weighted by atomic mass is 16.5. The fraction of sp³-hybridized carbons (Fsp3) is 0.769. The quantitative estimate of drug-likeness (QED) is 0.890. The van der Waals surface area contributed by atoms with Gasteiger partial charge in [-0.25, -0.2) is 0 Å². The van der Waals surface area contributed by atoms with E-state index in [1.54, 1.807) is 6.92 Å². The van der Waals surface area contributed by atoms with Crippen LogP contribution in [0.4, 0.5) is 0 Å². The van der Waals surface area contributed by atoms with E-state index in [9.17, 15) is 4.79 Å². The van der Waals surface area contributed by atoms with Gasteiger partial charge in [-0.1, -0.05) is 24.4 Å². The first kappa shape index (κ1) is 11.7. The van der Waals surface area contributed by atoms with Crippen molar-refractivity contribution >= 4 is 5.91 Å². The molecule has 0 saturated heterocycles. The maximum absolute atomic E-state index is 12.2. The van der Waals surface area contributed by atoms with Crippen molar-refractivity contribution in [1.29, 1.82) is 0 Å². The Hall–Kier alpha value is -1.39. The van der Waals surface area contributed by atoms with Crippen LogP contribution in [0.1, 0.15) is 56.7 Å². The van der Waals surface area contributed by atoms with Crippen molar-refractivity contribution in [3.63, 3.8) is 0 Å². The topological polar surface area (TPSA) is 68.0 Å². The maximum atomic E-state index is 12.2. The first-order chi connectivity index (χ1) is 8.70. The molecular formula is C13H19N3O2. The highest BCUT2D eigenvalue weighted by Crippen LogP contribution is 2.38. The summed E-state index contributed by atoms with van der Waals surface area (Å²) in [5, 5.41) is 7.23. The molecule has 2 aliphatic rings. The molecule has 2 saturated carbocycles. The van der Waals surface area contributed by atoms with Crippen LogP contribution in [0.3, 0.4) is 0 Å². The summed E-state index contributed by atoms with van der Waals surface area (Å²) in [5.74, 6) is 1.60. The van der Waals surface area contributed by atoms with Crippen molar-refractivity contribution in [2.75, 3.05) is 0 Å². The Labute approximate surface area is 106 Å². The zero-order chi connectivity index (χ0) is 12.6. The molecule has 1 amide bonds. The van der Waals surface area contributed by atoms with Gasteiger partial charge in [-0.15, -0.1) is 0 Å². The van der Waals surface area contributed by atoms with Gasteiger partial charge >= 0.3 is 0 Å². The van der Waals surface area contributed by atoms with Gasteiger partial charge in [0.1, 0.15) is 5.54 Å². The third kappa shape index (κ3) is 1.91. The second-order valence-corrected chi connectivity index (χ2v) is 5.54. The van der Waals surface area contributed by atoms with Crippen molar-refractivity contribution in [1.82, 2.24) is 15.5 Å². The van der Waals surface area contributed by atoms with Gasteiger partial charge in [0, 0.05) is 12.8 Å². The van der Waals surface area contributed by atoms with Gasteiger partial charge in [0.2, 0.25) is 11.8 Å². The number of hydrogen-bond donors (Lipinski definition) is 1. The third-order valence-corrected chi connectivity index (χ3v) is 4.25. The van der Waals surface area contributed by atoms with Crippen molar-refractivity contribution in [3.8, 4) is 0 Å². The largest absolute Gasteiger partial charge is 0.343 e. The van der Waals surface area contributed by atoms with Crippen LogP contribution in [0.25, 0.3) is 0 Å². The predicted molar refractivity (Wildman–Crippen MR) is 64.7 cm³/mol. The minimum absolute atomic E-state index is 0.172. The highest BCUT2D eigenvalue weighted by Gasteiger charge is 2.42. The molecule has 2 fully saturated rings. The summed E-state index contributed by atoms with van der Waals surface area (Å²) in [6.45, 7) is 1.78. The number of aryl methyl sites for hydroxylation is 1. The molecule has 5 heteroatoms. The molecule has 1 aromatic heterocycles. The lowest BCUT2D eigenvalue weighted by atomic mass is 9.83. The summed E-state index contributed by atoms with van der Waals surface area (Å²) in [4.78, 5) is 16.5. The average Bonchev–Trinajstić information content (AvgIpc) is 2.85. The number of carbonyl (C=O) groups is 1. The summed E-state index contributed by atoms with van der Waals surface area (Å²) < 4.78 is 5.07. The van der Waals surface area contributed by atoms with Gasteiger partial charge in [-0.05, 0) is 25.7 Å². The van der Waals surface area contributed by atoms with E-state index in [1.165, 1.54) is 6.42 Å². The van der Waals surface area contributed by atoms with E-state index in [2.05, 4.69) is 15.5 Å². The molecule has 0 spiro atoms. The van der Waals surface area contributed by atoms with Gasteiger partial charge in [0.05, 0.1) is 0 Å². The third-order valence-electron chi connectivity index (χ3n) is 4.25. The Morgan fingerprint density at radius 1 is 1.33 bits per heavy atom. The molecule has 18 heavy (non-hydrogen) atoms. The number of hydrogen-bond acceptors (Lipinski definition) is 4. The van der Waals surface area contributed by atoms with E-state index in [4.69, 9.17) is 4.52 Å². The molecule has 3 rings (SSSR count). The van der Waals surface area contributed by atoms with E-state index >= 15 is 0 Å². The second kappa shape index (κ2) is 4.37. The van der Waals surface area contributed by atoms with Crippen LogP contribution < -0.4 is 5.32 Å². The smallest absolute Gasteiger partial charge is 0.223 e. The lowest BCUT2D eigenvalue weighted by Gasteiger charge is -2.32. The molecule has 0 unspecified atom stereocenters. The molecule has 0 radical (unpaired) electrons. The van der Waals surface area contributed by atoms with Crippen LogP contribution in [0, 0.1) is 12.8 Å². The number of nitrogens with one attached hydrogen (secondary N) is 1. The summed E-state index contributed by atoms with van der Waals surface area (Å²) >= 11 is 0. The first-order valence-electron chi connectivity index (χ1n) is 6.82. The molecular weight excluding hydrogens is 230 g/mol. The van der Waals surface area contributed by atoms with E-state index in [0.29, 0.717) is 11.7 Å². The minimum atomic E-state index is -0.371. The lowest BCUT2D eigenvalue weighted by Crippen LogP contribution is -2.48. The van der Waals surface area contributed by atoms with Crippen molar-refractivity contribution < 1.29 is 9.32 Å². The number of aromatic nitrogens is 2. The minimum Gasteiger partial charge on any atom is -0.343 e. The van der Waals surface area contributed by atoms with Crippen molar-refractivity contribution in [3.05, 3.63) is 11.7 Å². The zero-order valence-corrected chi connectivity index (χ0v) is 10.7. The molecule has 1 heterocycles. The van der Waals surface area contributed by atoms with Crippen LogP contribution in [0.2, 0.25) is 0 Å². The first-order valence-corrected chi connectivity index (χ1v) is 6.82. The molecule has 0 aliphatic heterocycles. The molecule has 0 aromatic carbocycles. The Balaban J connectivity index is 1.80. The van der Waals surface area contributed by atoms with Crippen molar-refractivity contribution in [2.45, 2.75) is 57.4 Å². The van der Waals surface area contributed by atoms with Crippen molar-refractivity contribution in [2.24, 2.45) is 5.92 Å². The summed E-state index contributed by atoms with van der Waals surface area (Å²) in [7, 11) is 0. The Morgan fingerprint density at radius 2 is 2.06 bits per heavy atom. The predicted octanol–water partition coefficient (Wildman–Crippen LogP) is 2.06. The lowest BCUT2D eigenvalue weighted by molar-refractivity contribution is -0.129. The standard InChI is InChI=1S/C13H19N3O2/c1-9-14-12(16-18-9)13(7-2-3-8-13)15-11(17)10-5-4-6-10/h10H,2-8H2,1H3,(H,15,17). The van der Waals surface area contributed by atoms with Crippen LogP contribution in [-0.4, -0.2) is 16.0 Å². The summed E-state index contributed by atoms with van der Waals surface area (Å²) in [6.07, 6.45) is 7.28. The van der Waals surface area contributed by atoms with Crippen LogP contribution >= 0.6 is 0 Å². The molecule has 1 aromatic rings.